The predicted octanol–water partition coefficient (Wildman–Crippen LogP) is 5.03. The zero-order valence-electron chi connectivity index (χ0n) is 15.2. The van der Waals surface area contributed by atoms with E-state index in [1.165, 1.54) is 11.1 Å². The molecule has 1 aliphatic carbocycles. The lowest BCUT2D eigenvalue weighted by atomic mass is 10.1. The molecule has 1 amide bonds. The largest absolute Gasteiger partial charge is 0.282 e. The number of hydrogen-bond acceptors (Lipinski definition) is 4. The van der Waals surface area contributed by atoms with Crippen molar-refractivity contribution < 1.29 is 4.79 Å². The number of hydrogen-bond donors (Lipinski definition) is 0. The number of aryl methyl sites for hydroxylation is 2. The van der Waals surface area contributed by atoms with Gasteiger partial charge in [-0.3, -0.25) is 14.7 Å². The molecule has 2 aromatic heterocycles. The first-order valence-electron chi connectivity index (χ1n) is 9.21. The van der Waals surface area contributed by atoms with Gasteiger partial charge in [-0.1, -0.05) is 36.3 Å². The van der Waals surface area contributed by atoms with E-state index in [1.54, 1.807) is 17.5 Å². The lowest BCUT2D eigenvalue weighted by Gasteiger charge is -2.22. The molecule has 5 heteroatoms. The molecule has 0 radical (unpaired) electrons. The summed E-state index contributed by atoms with van der Waals surface area (Å²) < 4.78 is 1.16. The van der Waals surface area contributed by atoms with Gasteiger partial charge in [0.05, 0.1) is 22.5 Å². The molecule has 1 aromatic carbocycles. The molecule has 0 bridgehead atoms. The third-order valence-electron chi connectivity index (χ3n) is 5.06. The van der Waals surface area contributed by atoms with E-state index in [0.29, 0.717) is 6.54 Å². The number of aromatic nitrogens is 2. The maximum Gasteiger partial charge on any atom is 0.232 e. The summed E-state index contributed by atoms with van der Waals surface area (Å²) in [6.45, 7) is 4.67. The Morgan fingerprint density at radius 1 is 1.23 bits per heavy atom. The summed E-state index contributed by atoms with van der Waals surface area (Å²) in [6.07, 6.45) is 6.04. The Morgan fingerprint density at radius 2 is 2.04 bits per heavy atom. The van der Waals surface area contributed by atoms with E-state index in [2.05, 4.69) is 31.0 Å². The monoisotopic (exact) mass is 365 g/mol. The second-order valence-electron chi connectivity index (χ2n) is 7.15. The molecule has 2 heterocycles. The number of fused-ring (bicyclic) bond motifs is 1. The Kier molecular flexibility index (Phi) is 4.72. The number of nitrogens with zero attached hydrogens (tertiary/aromatic N) is 3. The molecular formula is C21H23N3OS. The number of amides is 1. The topological polar surface area (TPSA) is 46.1 Å². The van der Waals surface area contributed by atoms with Crippen LogP contribution in [0.25, 0.3) is 10.2 Å². The highest BCUT2D eigenvalue weighted by Crippen LogP contribution is 2.35. The van der Waals surface area contributed by atoms with Gasteiger partial charge in [0.15, 0.2) is 5.13 Å². The van der Waals surface area contributed by atoms with Crippen molar-refractivity contribution in [3.8, 4) is 0 Å². The van der Waals surface area contributed by atoms with Gasteiger partial charge in [0.25, 0.3) is 0 Å². The fraction of sp³-hybridized carbons (Fsp3) is 0.381. The Labute approximate surface area is 157 Å². The average Bonchev–Trinajstić information content (AvgIpc) is 3.29. The maximum absolute atomic E-state index is 13.2. The third-order valence-corrected chi connectivity index (χ3v) is 6.29. The highest BCUT2D eigenvalue weighted by molar-refractivity contribution is 7.22. The summed E-state index contributed by atoms with van der Waals surface area (Å²) in [5.41, 5.74) is 4.29. The Hall–Kier alpha value is -2.27. The Bertz CT molecular complexity index is 929. The molecule has 0 aliphatic heterocycles. The Balaban J connectivity index is 1.74. The van der Waals surface area contributed by atoms with Crippen LogP contribution in [-0.2, 0) is 11.3 Å². The lowest BCUT2D eigenvalue weighted by molar-refractivity contribution is -0.122. The molecule has 1 fully saturated rings. The van der Waals surface area contributed by atoms with Crippen LogP contribution < -0.4 is 4.90 Å². The number of carbonyl (C=O) groups is 1. The summed E-state index contributed by atoms with van der Waals surface area (Å²) in [6, 6.07) is 10.1. The second-order valence-corrected chi connectivity index (χ2v) is 8.13. The summed E-state index contributed by atoms with van der Waals surface area (Å²) >= 11 is 1.61. The fourth-order valence-corrected chi connectivity index (χ4v) is 4.79. The molecule has 4 rings (SSSR count). The molecule has 1 saturated carbocycles. The summed E-state index contributed by atoms with van der Waals surface area (Å²) in [4.78, 5) is 24.3. The summed E-state index contributed by atoms with van der Waals surface area (Å²) in [5.74, 6) is 0.315. The van der Waals surface area contributed by atoms with E-state index >= 15 is 0 Å². The average molecular weight is 366 g/mol. The van der Waals surface area contributed by atoms with Gasteiger partial charge in [0.2, 0.25) is 5.91 Å². The van der Waals surface area contributed by atoms with E-state index in [-0.39, 0.29) is 11.8 Å². The van der Waals surface area contributed by atoms with E-state index in [9.17, 15) is 4.79 Å². The first-order valence-corrected chi connectivity index (χ1v) is 10.0. The van der Waals surface area contributed by atoms with Crippen LogP contribution in [0.4, 0.5) is 5.13 Å². The van der Waals surface area contributed by atoms with Crippen molar-refractivity contribution in [1.82, 2.24) is 9.97 Å². The highest BCUT2D eigenvalue weighted by Gasteiger charge is 2.30. The van der Waals surface area contributed by atoms with Crippen molar-refractivity contribution in [2.75, 3.05) is 4.90 Å². The molecule has 0 unspecified atom stereocenters. The first kappa shape index (κ1) is 17.2. The normalized spacial score (nSPS) is 14.8. The lowest BCUT2D eigenvalue weighted by Crippen LogP contribution is -2.35. The van der Waals surface area contributed by atoms with Crippen molar-refractivity contribution >= 4 is 32.6 Å². The van der Waals surface area contributed by atoms with E-state index in [1.807, 2.05) is 23.1 Å². The number of anilines is 1. The number of benzene rings is 1. The Morgan fingerprint density at radius 3 is 2.77 bits per heavy atom. The fourth-order valence-electron chi connectivity index (χ4n) is 3.77. The molecular weight excluding hydrogens is 342 g/mol. The molecule has 0 saturated heterocycles. The minimum Gasteiger partial charge on any atom is -0.282 e. The predicted molar refractivity (Wildman–Crippen MR) is 106 cm³/mol. The van der Waals surface area contributed by atoms with Gasteiger partial charge >= 0.3 is 0 Å². The van der Waals surface area contributed by atoms with Crippen molar-refractivity contribution in [3.63, 3.8) is 0 Å². The smallest absolute Gasteiger partial charge is 0.232 e. The number of rotatable bonds is 4. The van der Waals surface area contributed by atoms with Gasteiger partial charge in [-0.25, -0.2) is 4.98 Å². The molecule has 26 heavy (non-hydrogen) atoms. The van der Waals surface area contributed by atoms with Gasteiger partial charge in [-0.15, -0.1) is 0 Å². The molecule has 3 aromatic rings. The molecule has 0 N–H and O–H groups in total. The number of pyridine rings is 1. The van der Waals surface area contributed by atoms with Gasteiger partial charge in [0, 0.05) is 12.1 Å². The first-order chi connectivity index (χ1) is 12.6. The molecule has 1 aliphatic rings. The zero-order chi connectivity index (χ0) is 18.1. The highest BCUT2D eigenvalue weighted by atomic mass is 32.1. The van der Waals surface area contributed by atoms with Crippen LogP contribution >= 0.6 is 11.3 Å². The quantitative estimate of drug-likeness (QED) is 0.651. The molecule has 4 nitrogen and oxygen atoms in total. The standard InChI is InChI=1S/C21H23N3OS/c1-14-11-15(2)19-18(12-14)23-21(26-19)24(13-17-9-5-6-10-22-17)20(25)16-7-3-4-8-16/h5-6,9-12,16H,3-4,7-8,13H2,1-2H3. The van der Waals surface area contributed by atoms with Crippen LogP contribution in [0.2, 0.25) is 0 Å². The number of carbonyl (C=O) groups excluding carboxylic acids is 1. The SMILES string of the molecule is Cc1cc(C)c2sc(N(Cc3ccccn3)C(=O)C3CCCC3)nc2c1. The van der Waals surface area contributed by atoms with Crippen molar-refractivity contribution in [3.05, 3.63) is 53.3 Å². The third kappa shape index (κ3) is 3.36. The van der Waals surface area contributed by atoms with Crippen molar-refractivity contribution in [2.24, 2.45) is 5.92 Å². The van der Waals surface area contributed by atoms with Crippen molar-refractivity contribution in [1.29, 1.82) is 0 Å². The summed E-state index contributed by atoms with van der Waals surface area (Å²) in [5, 5.41) is 0.788. The minimum absolute atomic E-state index is 0.119. The van der Waals surface area contributed by atoms with Crippen LogP contribution in [0, 0.1) is 19.8 Å². The van der Waals surface area contributed by atoms with E-state index < -0.39 is 0 Å². The molecule has 134 valence electrons. The van der Waals surface area contributed by atoms with E-state index in [0.717, 1.165) is 46.7 Å². The van der Waals surface area contributed by atoms with Gasteiger partial charge in [-0.2, -0.15) is 0 Å². The van der Waals surface area contributed by atoms with Gasteiger partial charge < -0.3 is 0 Å². The van der Waals surface area contributed by atoms with Gasteiger partial charge in [0.1, 0.15) is 0 Å². The van der Waals surface area contributed by atoms with E-state index in [4.69, 9.17) is 4.98 Å². The van der Waals surface area contributed by atoms with Crippen LogP contribution in [-0.4, -0.2) is 15.9 Å². The maximum atomic E-state index is 13.2. The zero-order valence-corrected chi connectivity index (χ0v) is 16.1. The van der Waals surface area contributed by atoms with Crippen LogP contribution in [0.15, 0.2) is 36.5 Å². The van der Waals surface area contributed by atoms with Crippen LogP contribution in [0.1, 0.15) is 42.5 Å². The number of thiazole rings is 1. The van der Waals surface area contributed by atoms with Crippen molar-refractivity contribution in [2.45, 2.75) is 46.1 Å². The van der Waals surface area contributed by atoms with Crippen LogP contribution in [0.3, 0.4) is 0 Å². The molecule has 0 atom stereocenters. The summed E-state index contributed by atoms with van der Waals surface area (Å²) in [7, 11) is 0. The second kappa shape index (κ2) is 7.16. The van der Waals surface area contributed by atoms with Crippen LogP contribution in [0.5, 0.6) is 0 Å². The van der Waals surface area contributed by atoms with Gasteiger partial charge in [-0.05, 0) is 56.0 Å². The minimum atomic E-state index is 0.119. The molecule has 0 spiro atoms.